The molecule has 250 valence electrons. The van der Waals surface area contributed by atoms with Crippen LogP contribution in [0.1, 0.15) is 58.1 Å². The molecule has 0 bridgehead atoms. The molecule has 0 aliphatic carbocycles. The maximum Gasteiger partial charge on any atom is 0.254 e. The number of benzene rings is 3. The summed E-state index contributed by atoms with van der Waals surface area (Å²) in [6.07, 6.45) is 0.648. The van der Waals surface area contributed by atoms with Gasteiger partial charge in [-0.1, -0.05) is 56.3 Å². The van der Waals surface area contributed by atoms with Crippen molar-refractivity contribution >= 4 is 21.7 Å². The van der Waals surface area contributed by atoms with Gasteiger partial charge in [-0.15, -0.1) is 0 Å². The number of ketones is 1. The number of hydrogen-bond donors (Lipinski definition) is 1. The summed E-state index contributed by atoms with van der Waals surface area (Å²) in [7, 11) is -0.831. The van der Waals surface area contributed by atoms with E-state index in [0.29, 0.717) is 34.9 Å². The quantitative estimate of drug-likeness (QED) is 0.158. The molecule has 3 aromatic carbocycles. The SMILES string of the molecule is COc1ccc(S(=O)(=O)N(CC(C)C)C[C@@H](O)[C@@H](CC(=O)c2cccc(C(=O)N(C)Cc3nc(C)co3)c2)Cc2ccccc2)cc1. The van der Waals surface area contributed by atoms with Crippen molar-refractivity contribution in [3.8, 4) is 5.75 Å². The van der Waals surface area contributed by atoms with E-state index in [1.807, 2.05) is 44.2 Å². The zero-order valence-corrected chi connectivity index (χ0v) is 28.3. The second-order valence-corrected chi connectivity index (χ2v) is 14.1. The summed E-state index contributed by atoms with van der Waals surface area (Å²) in [6.45, 7) is 5.77. The number of oxazole rings is 1. The lowest BCUT2D eigenvalue weighted by Gasteiger charge is -2.30. The Morgan fingerprint density at radius 2 is 1.64 bits per heavy atom. The number of Topliss-reactive ketones (excluding diaryl/α,β-unsaturated/α-hetero) is 1. The van der Waals surface area contributed by atoms with Gasteiger partial charge < -0.3 is 19.2 Å². The van der Waals surface area contributed by atoms with Gasteiger partial charge in [-0.3, -0.25) is 9.59 Å². The average molecular weight is 662 g/mol. The Morgan fingerprint density at radius 1 is 0.957 bits per heavy atom. The number of carbonyl (C=O) groups excluding carboxylic acids is 2. The van der Waals surface area contributed by atoms with Crippen LogP contribution in [-0.4, -0.2) is 72.8 Å². The topological polar surface area (TPSA) is 130 Å². The molecule has 0 saturated carbocycles. The number of sulfonamides is 1. The van der Waals surface area contributed by atoms with Gasteiger partial charge in [0.05, 0.1) is 30.3 Å². The molecule has 0 unspecified atom stereocenters. The number of methoxy groups -OCH3 is 1. The molecule has 47 heavy (non-hydrogen) atoms. The first kappa shape index (κ1) is 35.5. The summed E-state index contributed by atoms with van der Waals surface area (Å²) in [5.41, 5.74) is 2.28. The molecule has 0 spiro atoms. The van der Waals surface area contributed by atoms with E-state index in [2.05, 4.69) is 4.98 Å². The molecular formula is C36H43N3O7S. The van der Waals surface area contributed by atoms with Crippen LogP contribution >= 0.6 is 0 Å². The molecule has 0 saturated heterocycles. The van der Waals surface area contributed by atoms with Crippen LogP contribution in [0.15, 0.2) is 94.4 Å². The number of nitrogens with zero attached hydrogens (tertiary/aromatic N) is 3. The summed E-state index contributed by atoms with van der Waals surface area (Å²) >= 11 is 0. The lowest BCUT2D eigenvalue weighted by Crippen LogP contribution is -2.43. The minimum atomic E-state index is -3.97. The van der Waals surface area contributed by atoms with Crippen LogP contribution in [0.2, 0.25) is 0 Å². The van der Waals surface area contributed by atoms with E-state index in [-0.39, 0.29) is 48.6 Å². The molecule has 2 atom stereocenters. The molecule has 0 aliphatic heterocycles. The number of carbonyl (C=O) groups is 2. The minimum Gasteiger partial charge on any atom is -0.497 e. The smallest absolute Gasteiger partial charge is 0.254 e. The number of aromatic nitrogens is 1. The standard InChI is InChI=1S/C36H43N3O7S/c1-25(2)21-39(47(43,44)32-16-14-31(45-5)15-17-32)22-34(41)30(18-27-10-7-6-8-11-27)20-33(40)28-12-9-13-29(19-28)36(42)38(4)23-35-37-26(3)24-46-35/h6-17,19,24-25,30,34,41H,18,20-23H2,1-5H3/t30-,34-/m1/s1. The normalized spacial score (nSPS) is 13.0. The zero-order chi connectivity index (χ0) is 34.1. The van der Waals surface area contributed by atoms with Gasteiger partial charge in [0, 0.05) is 37.7 Å². The average Bonchev–Trinajstić information content (AvgIpc) is 3.47. The second-order valence-electron chi connectivity index (χ2n) is 12.2. The van der Waals surface area contributed by atoms with Gasteiger partial charge in [-0.2, -0.15) is 4.31 Å². The van der Waals surface area contributed by atoms with Crippen LogP contribution in [0, 0.1) is 18.8 Å². The van der Waals surface area contributed by atoms with E-state index in [1.54, 1.807) is 50.4 Å². The van der Waals surface area contributed by atoms with Gasteiger partial charge in [0.1, 0.15) is 12.0 Å². The molecule has 0 fully saturated rings. The summed E-state index contributed by atoms with van der Waals surface area (Å²) in [5, 5.41) is 11.6. The number of ether oxygens (including phenoxy) is 1. The lowest BCUT2D eigenvalue weighted by atomic mass is 9.87. The van der Waals surface area contributed by atoms with Crippen molar-refractivity contribution in [3.63, 3.8) is 0 Å². The van der Waals surface area contributed by atoms with Crippen molar-refractivity contribution in [2.75, 3.05) is 27.2 Å². The maximum atomic E-state index is 13.8. The zero-order valence-electron chi connectivity index (χ0n) is 27.5. The molecule has 4 rings (SSSR count). The fraction of sp³-hybridized carbons (Fsp3) is 0.361. The largest absolute Gasteiger partial charge is 0.497 e. The third kappa shape index (κ3) is 9.60. The van der Waals surface area contributed by atoms with Crippen molar-refractivity contribution in [2.45, 2.75) is 51.2 Å². The highest BCUT2D eigenvalue weighted by atomic mass is 32.2. The van der Waals surface area contributed by atoms with E-state index in [1.165, 1.54) is 34.7 Å². The van der Waals surface area contributed by atoms with E-state index >= 15 is 0 Å². The molecule has 4 aromatic rings. The first-order valence-corrected chi connectivity index (χ1v) is 17.0. The van der Waals surface area contributed by atoms with Gasteiger partial charge in [0.15, 0.2) is 5.78 Å². The summed E-state index contributed by atoms with van der Waals surface area (Å²) < 4.78 is 39.4. The molecule has 11 heteroatoms. The van der Waals surface area contributed by atoms with Crippen molar-refractivity contribution in [1.29, 1.82) is 0 Å². The predicted octanol–water partition coefficient (Wildman–Crippen LogP) is 5.40. The Bertz CT molecular complexity index is 1740. The third-order valence-electron chi connectivity index (χ3n) is 7.81. The van der Waals surface area contributed by atoms with Crippen molar-refractivity contribution in [2.24, 2.45) is 11.8 Å². The Labute approximate surface area is 277 Å². The van der Waals surface area contributed by atoms with E-state index < -0.39 is 22.0 Å². The van der Waals surface area contributed by atoms with Crippen LogP contribution < -0.4 is 4.74 Å². The molecule has 1 amide bonds. The monoisotopic (exact) mass is 661 g/mol. The van der Waals surface area contributed by atoms with Gasteiger partial charge in [-0.05, 0) is 67.1 Å². The fourth-order valence-corrected chi connectivity index (χ4v) is 6.97. The minimum absolute atomic E-state index is 0.0181. The van der Waals surface area contributed by atoms with Crippen molar-refractivity contribution in [1.82, 2.24) is 14.2 Å². The van der Waals surface area contributed by atoms with E-state index in [9.17, 15) is 23.1 Å². The Kier molecular flexibility index (Phi) is 12.1. The van der Waals surface area contributed by atoms with Gasteiger partial charge in [-0.25, -0.2) is 13.4 Å². The molecule has 0 aliphatic rings. The number of hydrogen-bond acceptors (Lipinski definition) is 8. The molecule has 1 N–H and O–H groups in total. The highest BCUT2D eigenvalue weighted by molar-refractivity contribution is 7.89. The molecular weight excluding hydrogens is 618 g/mol. The first-order chi connectivity index (χ1) is 22.4. The summed E-state index contributed by atoms with van der Waals surface area (Å²) in [4.78, 5) is 32.7. The Morgan fingerprint density at radius 3 is 2.26 bits per heavy atom. The third-order valence-corrected chi connectivity index (χ3v) is 9.65. The van der Waals surface area contributed by atoms with Crippen LogP contribution in [0.25, 0.3) is 0 Å². The fourth-order valence-electron chi connectivity index (χ4n) is 5.35. The van der Waals surface area contributed by atoms with E-state index in [0.717, 1.165) is 5.56 Å². The highest BCUT2D eigenvalue weighted by Crippen LogP contribution is 2.25. The number of rotatable bonds is 16. The second kappa shape index (κ2) is 16.0. The van der Waals surface area contributed by atoms with Gasteiger partial charge >= 0.3 is 0 Å². The Balaban J connectivity index is 1.56. The first-order valence-electron chi connectivity index (χ1n) is 15.5. The number of amides is 1. The lowest BCUT2D eigenvalue weighted by molar-refractivity contribution is 0.0689. The van der Waals surface area contributed by atoms with Crippen molar-refractivity contribution < 1.29 is 32.3 Å². The Hall–Kier alpha value is -4.32. The number of aliphatic hydroxyl groups is 1. The maximum absolute atomic E-state index is 13.8. The van der Waals surface area contributed by atoms with Crippen LogP contribution in [-0.2, 0) is 23.0 Å². The van der Waals surface area contributed by atoms with Gasteiger partial charge in [0.2, 0.25) is 15.9 Å². The van der Waals surface area contributed by atoms with Crippen molar-refractivity contribution in [3.05, 3.63) is 113 Å². The predicted molar refractivity (Wildman–Crippen MR) is 179 cm³/mol. The number of aliphatic hydroxyl groups excluding tert-OH is 1. The molecule has 10 nitrogen and oxygen atoms in total. The van der Waals surface area contributed by atoms with Crippen LogP contribution in [0.5, 0.6) is 5.75 Å². The van der Waals surface area contributed by atoms with Crippen LogP contribution in [0.4, 0.5) is 0 Å². The molecule has 1 aromatic heterocycles. The number of aryl methyl sites for hydroxylation is 1. The van der Waals surface area contributed by atoms with E-state index in [4.69, 9.17) is 9.15 Å². The summed E-state index contributed by atoms with van der Waals surface area (Å²) in [6, 6.07) is 22.1. The summed E-state index contributed by atoms with van der Waals surface area (Å²) in [5.74, 6) is -0.258. The molecule has 1 heterocycles. The highest BCUT2D eigenvalue weighted by Gasteiger charge is 2.32. The van der Waals surface area contributed by atoms with Gasteiger partial charge in [0.25, 0.3) is 5.91 Å². The van der Waals surface area contributed by atoms with Crippen LogP contribution in [0.3, 0.4) is 0 Å². The molecule has 0 radical (unpaired) electrons.